The largest absolute Gasteiger partial charge is 0.381 e. The van der Waals surface area contributed by atoms with E-state index in [-0.39, 0.29) is 0 Å². The van der Waals surface area contributed by atoms with Crippen LogP contribution in [-0.2, 0) is 11.8 Å². The molecule has 5 rings (SSSR count). The lowest BCUT2D eigenvalue weighted by molar-refractivity contribution is 0.0828. The molecule has 0 bridgehead atoms. The van der Waals surface area contributed by atoms with Gasteiger partial charge in [0.2, 0.25) is 0 Å². The number of benzene rings is 1. The van der Waals surface area contributed by atoms with Crippen molar-refractivity contribution in [1.29, 1.82) is 0 Å². The molecule has 0 N–H and O–H groups in total. The number of para-hydroxylation sites is 1. The zero-order valence-corrected chi connectivity index (χ0v) is 18.8. The summed E-state index contributed by atoms with van der Waals surface area (Å²) in [4.78, 5) is 5.31. The molecule has 2 aromatic rings. The van der Waals surface area contributed by atoms with Gasteiger partial charge >= 0.3 is 0 Å². The van der Waals surface area contributed by atoms with Gasteiger partial charge in [-0.3, -0.25) is 0 Å². The zero-order chi connectivity index (χ0) is 20.3. The quantitative estimate of drug-likeness (QED) is 0.499. The second-order valence-electron chi connectivity index (χ2n) is 8.89. The van der Waals surface area contributed by atoms with Gasteiger partial charge in [-0.05, 0) is 50.3 Å². The molecular weight excluding hydrogens is 394 g/mol. The minimum Gasteiger partial charge on any atom is -0.381 e. The fraction of sp³-hybridized carbons (Fsp3) is 0.652. The summed E-state index contributed by atoms with van der Waals surface area (Å²) >= 11 is 1.86. The van der Waals surface area contributed by atoms with Gasteiger partial charge in [-0.15, -0.1) is 10.2 Å². The molecule has 1 aromatic carbocycles. The molecule has 0 amide bonds. The van der Waals surface area contributed by atoms with E-state index in [0.29, 0.717) is 12.0 Å². The first-order valence-corrected chi connectivity index (χ1v) is 12.4. The summed E-state index contributed by atoms with van der Waals surface area (Å²) in [6.07, 6.45) is 4.66. The van der Waals surface area contributed by atoms with E-state index >= 15 is 0 Å². The van der Waals surface area contributed by atoms with Crippen molar-refractivity contribution in [3.05, 3.63) is 36.2 Å². The van der Waals surface area contributed by atoms with Gasteiger partial charge in [-0.2, -0.15) is 0 Å². The Labute approximate surface area is 184 Å². The lowest BCUT2D eigenvalue weighted by atomic mass is 10.00. The molecule has 3 aliphatic heterocycles. The van der Waals surface area contributed by atoms with Gasteiger partial charge in [0, 0.05) is 63.3 Å². The van der Waals surface area contributed by atoms with Gasteiger partial charge in [0.25, 0.3) is 0 Å². The highest BCUT2D eigenvalue weighted by atomic mass is 32.2. The number of aromatic nitrogens is 3. The van der Waals surface area contributed by atoms with Crippen molar-refractivity contribution in [3.8, 4) is 0 Å². The molecule has 0 unspecified atom stereocenters. The summed E-state index contributed by atoms with van der Waals surface area (Å²) in [5.41, 5.74) is 1.39. The summed E-state index contributed by atoms with van der Waals surface area (Å²) in [7, 11) is 2.12. The molecule has 6 nitrogen and oxygen atoms in total. The van der Waals surface area contributed by atoms with Crippen LogP contribution >= 0.6 is 11.8 Å². The van der Waals surface area contributed by atoms with Crippen molar-refractivity contribution in [3.63, 3.8) is 0 Å². The van der Waals surface area contributed by atoms with Crippen molar-refractivity contribution in [1.82, 2.24) is 19.7 Å². The predicted molar refractivity (Wildman–Crippen MR) is 121 cm³/mol. The van der Waals surface area contributed by atoms with E-state index in [1.807, 2.05) is 11.8 Å². The highest BCUT2D eigenvalue weighted by molar-refractivity contribution is 7.99. The van der Waals surface area contributed by atoms with E-state index < -0.39 is 0 Å². The third-order valence-corrected chi connectivity index (χ3v) is 8.12. The van der Waals surface area contributed by atoms with Crippen molar-refractivity contribution in [2.75, 3.05) is 50.0 Å². The maximum absolute atomic E-state index is 5.48. The van der Waals surface area contributed by atoms with Gasteiger partial charge < -0.3 is 19.1 Å². The molecule has 2 atom stereocenters. The molecule has 162 valence electrons. The summed E-state index contributed by atoms with van der Waals surface area (Å²) in [5.74, 6) is 3.57. The predicted octanol–water partition coefficient (Wildman–Crippen LogP) is 3.40. The number of hydrogen-bond acceptors (Lipinski definition) is 6. The van der Waals surface area contributed by atoms with Crippen LogP contribution < -0.4 is 4.90 Å². The molecule has 3 saturated heterocycles. The average molecular weight is 428 g/mol. The van der Waals surface area contributed by atoms with Gasteiger partial charge in [0.15, 0.2) is 5.16 Å². The fourth-order valence-corrected chi connectivity index (χ4v) is 6.23. The molecule has 4 heterocycles. The van der Waals surface area contributed by atoms with Crippen molar-refractivity contribution in [2.45, 2.75) is 42.8 Å². The number of anilines is 1. The van der Waals surface area contributed by atoms with Gasteiger partial charge in [-0.1, -0.05) is 30.0 Å². The van der Waals surface area contributed by atoms with E-state index in [9.17, 15) is 0 Å². The van der Waals surface area contributed by atoms with E-state index in [1.165, 1.54) is 44.7 Å². The second kappa shape index (κ2) is 9.28. The molecule has 0 radical (unpaired) electrons. The van der Waals surface area contributed by atoms with Crippen LogP contribution in [0.5, 0.6) is 0 Å². The minimum absolute atomic E-state index is 0.502. The number of likely N-dealkylation sites (tertiary alicyclic amines) is 1. The molecule has 30 heavy (non-hydrogen) atoms. The van der Waals surface area contributed by atoms with Crippen molar-refractivity contribution < 1.29 is 4.74 Å². The zero-order valence-electron chi connectivity index (χ0n) is 17.9. The lowest BCUT2D eigenvalue weighted by Crippen LogP contribution is -2.35. The first-order valence-electron chi connectivity index (χ1n) is 11.4. The first-order chi connectivity index (χ1) is 14.8. The minimum atomic E-state index is 0.502. The van der Waals surface area contributed by atoms with Crippen LogP contribution in [0.1, 0.15) is 37.4 Å². The first kappa shape index (κ1) is 20.3. The average Bonchev–Trinajstić information content (AvgIpc) is 3.47. The Balaban J connectivity index is 1.08. The van der Waals surface area contributed by atoms with Crippen LogP contribution in [0.3, 0.4) is 0 Å². The molecular formula is C23H33N5OS. The number of ether oxygens (including phenoxy) is 1. The molecule has 7 heteroatoms. The lowest BCUT2D eigenvalue weighted by Gasteiger charge is -2.27. The van der Waals surface area contributed by atoms with Crippen LogP contribution in [0.2, 0.25) is 0 Å². The maximum atomic E-state index is 5.48. The third kappa shape index (κ3) is 4.25. The standard InChI is InChI=1S/C23H33N5OS/c1-26-22(18-9-13-29-14-10-18)24-25-23(26)30-15-5-11-27-16-19-8-12-28(21(19)17-27)20-6-3-2-4-7-20/h2-4,6-7,18-19,21H,5,8-17H2,1H3/t19-,21+/m0/s1. The van der Waals surface area contributed by atoms with Crippen molar-refractivity contribution in [2.24, 2.45) is 13.0 Å². The monoisotopic (exact) mass is 427 g/mol. The fourth-order valence-electron chi connectivity index (χ4n) is 5.39. The maximum Gasteiger partial charge on any atom is 0.190 e. The second-order valence-corrected chi connectivity index (χ2v) is 9.96. The van der Waals surface area contributed by atoms with E-state index in [1.54, 1.807) is 0 Å². The van der Waals surface area contributed by atoms with Crippen LogP contribution in [0, 0.1) is 5.92 Å². The summed E-state index contributed by atoms with van der Waals surface area (Å²) in [5, 5.41) is 10.0. The molecule has 3 aliphatic rings. The molecule has 3 fully saturated rings. The van der Waals surface area contributed by atoms with E-state index in [2.05, 4.69) is 61.9 Å². The van der Waals surface area contributed by atoms with Crippen LogP contribution in [0.25, 0.3) is 0 Å². The number of rotatable bonds is 7. The molecule has 0 aliphatic carbocycles. The van der Waals surface area contributed by atoms with Gasteiger partial charge in [0.1, 0.15) is 5.82 Å². The van der Waals surface area contributed by atoms with E-state index in [4.69, 9.17) is 4.74 Å². The Hall–Kier alpha value is -1.57. The van der Waals surface area contributed by atoms with Crippen LogP contribution in [-0.4, -0.2) is 70.9 Å². The van der Waals surface area contributed by atoms with Gasteiger partial charge in [0.05, 0.1) is 0 Å². The summed E-state index contributed by atoms with van der Waals surface area (Å²) in [6.45, 7) is 6.57. The van der Waals surface area contributed by atoms with Gasteiger partial charge in [-0.25, -0.2) is 0 Å². The number of fused-ring (bicyclic) bond motifs is 1. The van der Waals surface area contributed by atoms with Crippen molar-refractivity contribution >= 4 is 17.4 Å². The Morgan fingerprint density at radius 1 is 1.07 bits per heavy atom. The Bertz CT molecular complexity index is 822. The summed E-state index contributed by atoms with van der Waals surface area (Å²) in [6, 6.07) is 11.6. The molecule has 1 aromatic heterocycles. The van der Waals surface area contributed by atoms with Crippen LogP contribution in [0.15, 0.2) is 35.5 Å². The topological polar surface area (TPSA) is 46.4 Å². The smallest absolute Gasteiger partial charge is 0.190 e. The number of hydrogen-bond donors (Lipinski definition) is 0. The van der Waals surface area contributed by atoms with Crippen LogP contribution in [0.4, 0.5) is 5.69 Å². The summed E-state index contributed by atoms with van der Waals surface area (Å²) < 4.78 is 7.69. The Kier molecular flexibility index (Phi) is 6.29. The normalized spacial score (nSPS) is 25.2. The highest BCUT2D eigenvalue weighted by Crippen LogP contribution is 2.35. The SMILES string of the molecule is Cn1c(SCCCN2C[C@@H]3CCN(c4ccccc4)[C@@H]3C2)nnc1C1CCOCC1. The Morgan fingerprint density at radius 2 is 1.90 bits per heavy atom. The third-order valence-electron chi connectivity index (χ3n) is 7.02. The highest BCUT2D eigenvalue weighted by Gasteiger charge is 2.40. The Morgan fingerprint density at radius 3 is 2.73 bits per heavy atom. The number of thioether (sulfide) groups is 1. The number of nitrogens with zero attached hydrogens (tertiary/aromatic N) is 5. The molecule has 0 spiro atoms. The molecule has 0 saturated carbocycles. The van der Waals surface area contributed by atoms with E-state index in [0.717, 1.165) is 48.7 Å².